The molecule has 3 aliphatic carbocycles. The Morgan fingerprint density at radius 1 is 1.00 bits per heavy atom. The highest BCUT2D eigenvalue weighted by Gasteiger charge is 2.73. The number of likely N-dealkylation sites (tertiary alicyclic amines) is 1. The molecule has 3 fully saturated rings. The molecule has 0 unspecified atom stereocenters. The van der Waals surface area contributed by atoms with Gasteiger partial charge < -0.3 is 14.9 Å². The molecule has 5 heteroatoms. The summed E-state index contributed by atoms with van der Waals surface area (Å²) in [5.74, 6) is 1.74. The number of phenolic OH excluding ortho intramolecular Hbond substituents is 1. The number of benzene rings is 2. The van der Waals surface area contributed by atoms with Crippen molar-refractivity contribution in [3.8, 4) is 11.5 Å². The molecule has 5 atom stereocenters. The first-order valence-corrected chi connectivity index (χ1v) is 15.8. The number of likely N-dealkylation sites (N-methyl/N-ethyl adjacent to an activating group) is 1. The van der Waals surface area contributed by atoms with Crippen molar-refractivity contribution >= 4 is 0 Å². The van der Waals surface area contributed by atoms with Crippen LogP contribution in [0.15, 0.2) is 42.5 Å². The molecule has 0 radical (unpaired) electrons. The molecule has 5 nitrogen and oxygen atoms in total. The average molecular weight is 531 g/mol. The van der Waals surface area contributed by atoms with Gasteiger partial charge in [0.2, 0.25) is 0 Å². The van der Waals surface area contributed by atoms with E-state index in [1.54, 1.807) is 0 Å². The van der Waals surface area contributed by atoms with Gasteiger partial charge in [-0.25, -0.2) is 0 Å². The fourth-order valence-electron chi connectivity index (χ4n) is 9.03. The summed E-state index contributed by atoms with van der Waals surface area (Å²) in [6, 6.07) is 15.2. The SMILES string of the molecule is CCN(CCCCCCc1ccccc1)[C@H]1CC[C@@]2(O)[C@H]3Cc4ccc(O)c5c4[C@@]2(CCN3CC2CC2)[C@H]1O5. The number of unbranched alkanes of at least 4 members (excludes halogenated alkanes) is 3. The minimum Gasteiger partial charge on any atom is -0.504 e. The van der Waals surface area contributed by atoms with Gasteiger partial charge in [-0.2, -0.15) is 0 Å². The van der Waals surface area contributed by atoms with Gasteiger partial charge in [0.1, 0.15) is 6.10 Å². The summed E-state index contributed by atoms with van der Waals surface area (Å²) in [5.41, 5.74) is 2.69. The number of hydrogen-bond donors (Lipinski definition) is 2. The molecule has 2 N–H and O–H groups in total. The second-order valence-electron chi connectivity index (χ2n) is 13.2. The fourth-order valence-corrected chi connectivity index (χ4v) is 9.03. The average Bonchev–Trinajstić information content (AvgIpc) is 3.69. The van der Waals surface area contributed by atoms with Gasteiger partial charge in [-0.1, -0.05) is 56.2 Å². The number of piperidine rings is 1. The van der Waals surface area contributed by atoms with E-state index in [9.17, 15) is 10.2 Å². The summed E-state index contributed by atoms with van der Waals surface area (Å²) in [7, 11) is 0. The largest absolute Gasteiger partial charge is 0.504 e. The maximum absolute atomic E-state index is 12.7. The van der Waals surface area contributed by atoms with Crippen LogP contribution in [0.25, 0.3) is 0 Å². The molecule has 2 bridgehead atoms. The minimum atomic E-state index is -0.788. The predicted molar refractivity (Wildman–Crippen MR) is 154 cm³/mol. The minimum absolute atomic E-state index is 0.0952. The standard InChI is InChI=1S/C34H46N2O3/c1-2-35(20-9-4-3-6-10-24-11-7-5-8-12-24)27-17-18-34(38)29-22-26-15-16-28(37)31-30(26)33(34,32(27)39-31)19-21-36(29)23-25-13-14-25/h5,7-8,11-12,15-16,25,27,29,32,37-38H,2-4,6,9-10,13-14,17-23H2,1H3/t27-,29+,32-,33-,34+/m0/s1. The van der Waals surface area contributed by atoms with Crippen molar-refractivity contribution in [1.82, 2.24) is 9.80 Å². The summed E-state index contributed by atoms with van der Waals surface area (Å²) in [4.78, 5) is 5.26. The first kappa shape index (κ1) is 25.9. The lowest BCUT2D eigenvalue weighted by Crippen LogP contribution is -2.78. The van der Waals surface area contributed by atoms with Crippen LogP contribution >= 0.6 is 0 Å². The second kappa shape index (κ2) is 10.1. The van der Waals surface area contributed by atoms with Gasteiger partial charge in [-0.3, -0.25) is 9.80 Å². The fraction of sp³-hybridized carbons (Fsp3) is 0.647. The number of aromatic hydroxyl groups is 1. The summed E-state index contributed by atoms with van der Waals surface area (Å²) in [6.07, 6.45) is 12.3. The molecular formula is C34H46N2O3. The van der Waals surface area contributed by atoms with Crippen LogP contribution in [0, 0.1) is 5.92 Å². The number of ether oxygens (including phenoxy) is 1. The molecule has 5 aliphatic rings. The van der Waals surface area contributed by atoms with Crippen LogP contribution in [0.1, 0.15) is 81.4 Å². The Morgan fingerprint density at radius 3 is 2.62 bits per heavy atom. The quantitative estimate of drug-likeness (QED) is 0.379. The third kappa shape index (κ3) is 4.14. The van der Waals surface area contributed by atoms with Crippen molar-refractivity contribution in [2.45, 2.75) is 107 Å². The maximum atomic E-state index is 12.7. The lowest BCUT2D eigenvalue weighted by Gasteiger charge is -2.65. The highest BCUT2D eigenvalue weighted by atomic mass is 16.5. The number of rotatable bonds is 11. The molecule has 210 valence electrons. The van der Waals surface area contributed by atoms with Crippen molar-refractivity contribution in [1.29, 1.82) is 0 Å². The molecule has 0 amide bonds. The van der Waals surface area contributed by atoms with Gasteiger partial charge in [0.05, 0.1) is 11.0 Å². The Hall–Kier alpha value is -2.08. The van der Waals surface area contributed by atoms with Gasteiger partial charge in [0, 0.05) is 24.2 Å². The molecule has 2 aromatic rings. The zero-order valence-electron chi connectivity index (χ0n) is 23.7. The molecule has 2 aliphatic heterocycles. The molecule has 2 heterocycles. The van der Waals surface area contributed by atoms with Gasteiger partial charge in [0.25, 0.3) is 0 Å². The smallest absolute Gasteiger partial charge is 0.165 e. The first-order valence-electron chi connectivity index (χ1n) is 15.8. The summed E-state index contributed by atoms with van der Waals surface area (Å²) < 4.78 is 6.82. The van der Waals surface area contributed by atoms with Crippen molar-refractivity contribution in [3.63, 3.8) is 0 Å². The number of aryl methyl sites for hydroxylation is 1. The zero-order chi connectivity index (χ0) is 26.6. The highest BCUT2D eigenvalue weighted by molar-refractivity contribution is 5.62. The Bertz CT molecular complexity index is 1180. The van der Waals surface area contributed by atoms with Crippen LogP contribution in [0.3, 0.4) is 0 Å². The first-order chi connectivity index (χ1) is 19.0. The van der Waals surface area contributed by atoms with E-state index in [1.807, 2.05) is 6.07 Å². The number of nitrogens with zero attached hydrogens (tertiary/aromatic N) is 2. The predicted octanol–water partition coefficient (Wildman–Crippen LogP) is 5.45. The lowest BCUT2D eigenvalue weighted by atomic mass is 9.48. The number of phenols is 1. The molecule has 39 heavy (non-hydrogen) atoms. The van der Waals surface area contributed by atoms with E-state index >= 15 is 0 Å². The van der Waals surface area contributed by atoms with Crippen molar-refractivity contribution in [3.05, 3.63) is 59.2 Å². The van der Waals surface area contributed by atoms with Crippen molar-refractivity contribution < 1.29 is 14.9 Å². The van der Waals surface area contributed by atoms with Crippen LogP contribution in [0.4, 0.5) is 0 Å². The van der Waals surface area contributed by atoms with E-state index in [1.165, 1.54) is 56.1 Å². The Balaban J connectivity index is 1.09. The number of hydrogen-bond acceptors (Lipinski definition) is 5. The van der Waals surface area contributed by atoms with Crippen LogP contribution in [-0.4, -0.2) is 70.0 Å². The Labute approximate surface area is 234 Å². The normalized spacial score (nSPS) is 32.7. The molecule has 2 saturated carbocycles. The van der Waals surface area contributed by atoms with E-state index in [-0.39, 0.29) is 23.9 Å². The van der Waals surface area contributed by atoms with E-state index < -0.39 is 11.0 Å². The van der Waals surface area contributed by atoms with E-state index in [2.05, 4.69) is 53.1 Å². The summed E-state index contributed by atoms with van der Waals surface area (Å²) in [6.45, 7) is 6.51. The molecule has 0 aromatic heterocycles. The Morgan fingerprint density at radius 2 is 1.82 bits per heavy atom. The van der Waals surface area contributed by atoms with Crippen LogP contribution in [-0.2, 0) is 18.3 Å². The van der Waals surface area contributed by atoms with Crippen molar-refractivity contribution in [2.75, 3.05) is 26.2 Å². The van der Waals surface area contributed by atoms with E-state index in [0.29, 0.717) is 5.75 Å². The van der Waals surface area contributed by atoms with Gasteiger partial charge in [-0.15, -0.1) is 0 Å². The third-order valence-electron chi connectivity index (χ3n) is 11.1. The monoisotopic (exact) mass is 530 g/mol. The highest BCUT2D eigenvalue weighted by Crippen LogP contribution is 2.66. The van der Waals surface area contributed by atoms with Gasteiger partial charge in [0.15, 0.2) is 11.5 Å². The molecule has 1 saturated heterocycles. The molecule has 2 aromatic carbocycles. The van der Waals surface area contributed by atoms with Gasteiger partial charge in [-0.05, 0) is 101 Å². The summed E-state index contributed by atoms with van der Waals surface area (Å²) in [5, 5.41) is 23.7. The van der Waals surface area contributed by atoms with Crippen LogP contribution in [0.5, 0.6) is 11.5 Å². The molecule has 7 rings (SSSR count). The van der Waals surface area contributed by atoms with E-state index in [4.69, 9.17) is 4.74 Å². The molecular weight excluding hydrogens is 484 g/mol. The maximum Gasteiger partial charge on any atom is 0.165 e. The second-order valence-corrected chi connectivity index (χ2v) is 13.2. The lowest BCUT2D eigenvalue weighted by molar-refractivity contribution is -0.200. The number of aliphatic hydroxyl groups is 1. The summed E-state index contributed by atoms with van der Waals surface area (Å²) >= 11 is 0. The van der Waals surface area contributed by atoms with Crippen molar-refractivity contribution in [2.24, 2.45) is 5.92 Å². The van der Waals surface area contributed by atoms with Gasteiger partial charge >= 0.3 is 0 Å². The third-order valence-corrected chi connectivity index (χ3v) is 11.1. The van der Waals surface area contributed by atoms with Crippen LogP contribution < -0.4 is 4.74 Å². The van der Waals surface area contributed by atoms with Crippen LogP contribution in [0.2, 0.25) is 0 Å². The molecule has 1 spiro atoms. The topological polar surface area (TPSA) is 56.2 Å². The van der Waals surface area contributed by atoms with E-state index in [0.717, 1.165) is 63.3 Å². The zero-order valence-corrected chi connectivity index (χ0v) is 23.7. The Kier molecular flexibility index (Phi) is 6.68.